The van der Waals surface area contributed by atoms with Crippen LogP contribution in [0, 0.1) is 0 Å². The van der Waals surface area contributed by atoms with Crippen molar-refractivity contribution in [2.45, 2.75) is 38.6 Å². The van der Waals surface area contributed by atoms with Crippen LogP contribution in [0.1, 0.15) is 53.3 Å². The van der Waals surface area contributed by atoms with Gasteiger partial charge in [0.15, 0.2) is 0 Å². The average Bonchev–Trinajstić information content (AvgIpc) is 2.57. The van der Waals surface area contributed by atoms with Gasteiger partial charge in [0.2, 0.25) is 0 Å². The molecule has 8 nitrogen and oxygen atoms in total. The van der Waals surface area contributed by atoms with E-state index in [2.05, 4.69) is 12.2 Å². The first-order valence-electron chi connectivity index (χ1n) is 7.95. The summed E-state index contributed by atoms with van der Waals surface area (Å²) in [6.45, 7) is 2.62. The minimum Gasteiger partial charge on any atom is -0.550 e. The fraction of sp³-hybridized carbons (Fsp3) is 0.412. The molecule has 1 aromatic rings. The molecule has 0 aliphatic rings. The van der Waals surface area contributed by atoms with Crippen LogP contribution in [0.3, 0.4) is 0 Å². The van der Waals surface area contributed by atoms with Crippen molar-refractivity contribution in [3.63, 3.8) is 0 Å². The summed E-state index contributed by atoms with van der Waals surface area (Å²) in [6, 6.07) is 3.86. The second kappa shape index (κ2) is 14.4. The van der Waals surface area contributed by atoms with Gasteiger partial charge in [0.1, 0.15) is 0 Å². The summed E-state index contributed by atoms with van der Waals surface area (Å²) in [6.07, 6.45) is 2.05. The predicted molar refractivity (Wildman–Crippen MR) is 84.2 cm³/mol. The molecule has 2 amide bonds. The quantitative estimate of drug-likeness (QED) is 0.313. The number of amides is 2. The second-order valence-electron chi connectivity index (χ2n) is 5.46. The van der Waals surface area contributed by atoms with E-state index in [-0.39, 0.29) is 49.2 Å². The molecule has 0 aliphatic heterocycles. The van der Waals surface area contributed by atoms with E-state index < -0.39 is 30.3 Å². The molecule has 0 spiro atoms. The van der Waals surface area contributed by atoms with Crippen molar-refractivity contribution in [2.24, 2.45) is 0 Å². The fourth-order valence-corrected chi connectivity index (χ4v) is 2.05. The molecule has 2 N–H and O–H groups in total. The second-order valence-corrected chi connectivity index (χ2v) is 5.46. The molecule has 1 atom stereocenters. The van der Waals surface area contributed by atoms with E-state index in [9.17, 15) is 29.4 Å². The topological polar surface area (TPSA) is 138 Å². The smallest absolute Gasteiger partial charge is 0.550 e. The number of carboxylic acids is 2. The Bertz CT molecular complexity index is 637. The molecule has 0 fully saturated rings. The summed E-state index contributed by atoms with van der Waals surface area (Å²) in [5.41, 5.74) is 0.450. The van der Waals surface area contributed by atoms with Gasteiger partial charge in [-0.1, -0.05) is 19.8 Å². The largest absolute Gasteiger partial charge is 1.00 e. The summed E-state index contributed by atoms with van der Waals surface area (Å²) in [4.78, 5) is 45.2. The van der Waals surface area contributed by atoms with E-state index in [0.29, 0.717) is 12.1 Å². The maximum Gasteiger partial charge on any atom is 1.00 e. The van der Waals surface area contributed by atoms with Gasteiger partial charge in [0.25, 0.3) is 11.8 Å². The van der Waals surface area contributed by atoms with E-state index in [1.54, 1.807) is 0 Å². The predicted octanol–water partition coefficient (Wildman–Crippen LogP) is -7.40. The number of hydrogen-bond acceptors (Lipinski definition) is 6. The van der Waals surface area contributed by atoms with Gasteiger partial charge in [-0.05, 0) is 30.7 Å². The summed E-state index contributed by atoms with van der Waals surface area (Å²) in [5.74, 6) is -4.40. The Morgan fingerprint density at radius 3 is 1.89 bits per heavy atom. The van der Waals surface area contributed by atoms with Gasteiger partial charge in [-0.3, -0.25) is 9.59 Å². The Balaban J connectivity index is 0. The van der Waals surface area contributed by atoms with Crippen LogP contribution in [0.15, 0.2) is 24.3 Å². The Labute approximate surface area is 181 Å². The van der Waals surface area contributed by atoms with Gasteiger partial charge >= 0.3 is 37.7 Å². The first kappa shape index (κ1) is 27.5. The number of rotatable bonds is 10. The molecule has 136 valence electrons. The first-order valence-corrected chi connectivity index (χ1v) is 7.95. The molecule has 27 heavy (non-hydrogen) atoms. The number of nitrogens with one attached hydrogen (secondary N) is 2. The molecule has 0 aliphatic carbocycles. The van der Waals surface area contributed by atoms with Crippen molar-refractivity contribution < 1.29 is 67.1 Å². The van der Waals surface area contributed by atoms with Gasteiger partial charge in [-0.25, -0.2) is 0 Å². The zero-order valence-electron chi connectivity index (χ0n) is 15.9. The first-order chi connectivity index (χ1) is 11.8. The van der Waals surface area contributed by atoms with Crippen LogP contribution in [0.25, 0.3) is 0 Å². The van der Waals surface area contributed by atoms with Crippen LogP contribution in [-0.2, 0) is 9.59 Å². The Hall–Kier alpha value is -1.71. The van der Waals surface area contributed by atoms with E-state index in [0.717, 1.165) is 19.3 Å². The van der Waals surface area contributed by atoms with Crippen molar-refractivity contribution in [1.29, 1.82) is 0 Å². The van der Waals surface area contributed by atoms with Crippen LogP contribution in [0.2, 0.25) is 0 Å². The molecule has 0 saturated heterocycles. The number of carbonyl (C=O) groups is 4. The van der Waals surface area contributed by atoms with Gasteiger partial charge in [-0.15, -0.1) is 0 Å². The fourth-order valence-electron chi connectivity index (χ4n) is 2.05. The molecule has 0 radical (unpaired) electrons. The van der Waals surface area contributed by atoms with Crippen molar-refractivity contribution in [1.82, 2.24) is 10.6 Å². The minimum absolute atomic E-state index is 0. The van der Waals surface area contributed by atoms with Crippen LogP contribution in [-0.4, -0.2) is 36.3 Å². The zero-order chi connectivity index (χ0) is 18.8. The average molecular weight is 362 g/mol. The number of carboxylic acid groups (broad SMARTS) is 2. The molecule has 10 heteroatoms. The Morgan fingerprint density at radius 2 is 1.44 bits per heavy atom. The van der Waals surface area contributed by atoms with Gasteiger partial charge in [0, 0.05) is 30.1 Å². The third-order valence-corrected chi connectivity index (χ3v) is 3.44. The third-order valence-electron chi connectivity index (χ3n) is 3.44. The standard InChI is InChI=1S/C17H22N2O6.2Li/c1-2-3-4-9-18-15(22)11-5-7-12(8-6-11)16(23)19-13(17(24)25)10-14(20)21;;/h5-8,13H,2-4,9-10H2,1H3,(H,18,22)(H,19,23)(H,20,21)(H,24,25);;/q;2*+1/p-2. The van der Waals surface area contributed by atoms with Crippen LogP contribution >= 0.6 is 0 Å². The number of benzene rings is 1. The van der Waals surface area contributed by atoms with Crippen molar-refractivity contribution >= 4 is 23.8 Å². The molecule has 1 rings (SSSR count). The molecule has 1 aromatic carbocycles. The van der Waals surface area contributed by atoms with Crippen molar-refractivity contribution in [2.75, 3.05) is 6.54 Å². The Morgan fingerprint density at radius 1 is 0.926 bits per heavy atom. The summed E-state index contributed by atoms with van der Waals surface area (Å²) in [5, 5.41) is 26.1. The van der Waals surface area contributed by atoms with Crippen molar-refractivity contribution in [3.8, 4) is 0 Å². The number of unbranched alkanes of at least 4 members (excludes halogenated alkanes) is 2. The maximum atomic E-state index is 12.0. The Kier molecular flexibility index (Phi) is 14.6. The summed E-state index contributed by atoms with van der Waals surface area (Å²) in [7, 11) is 0. The van der Waals surface area contributed by atoms with Gasteiger partial charge in [-0.2, -0.15) is 0 Å². The molecule has 0 saturated carbocycles. The monoisotopic (exact) mass is 362 g/mol. The third kappa shape index (κ3) is 10.3. The molecule has 1 unspecified atom stereocenters. The molecular formula is C17H20Li2N2O6. The number of hydrogen-bond donors (Lipinski definition) is 2. The summed E-state index contributed by atoms with van der Waals surface area (Å²) < 4.78 is 0. The van der Waals surface area contributed by atoms with Crippen LogP contribution in [0.5, 0.6) is 0 Å². The molecule has 0 bridgehead atoms. The van der Waals surface area contributed by atoms with Crippen LogP contribution < -0.4 is 58.6 Å². The molecule has 0 heterocycles. The zero-order valence-corrected chi connectivity index (χ0v) is 15.9. The number of aliphatic carboxylic acids is 2. The normalized spacial score (nSPS) is 10.6. The SMILES string of the molecule is CCCCCNC(=O)c1ccc(C(=O)NC(CC(=O)[O-])C(=O)[O-])cc1.[Li+].[Li+]. The number of carbonyl (C=O) groups excluding carboxylic acids is 4. The molecule has 0 aromatic heterocycles. The van der Waals surface area contributed by atoms with Gasteiger partial charge in [0.05, 0.1) is 12.0 Å². The van der Waals surface area contributed by atoms with Gasteiger partial charge < -0.3 is 30.4 Å². The van der Waals surface area contributed by atoms with E-state index in [4.69, 9.17) is 0 Å². The van der Waals surface area contributed by atoms with Crippen molar-refractivity contribution in [3.05, 3.63) is 35.4 Å². The maximum absolute atomic E-state index is 12.0. The summed E-state index contributed by atoms with van der Waals surface area (Å²) >= 11 is 0. The molecular weight excluding hydrogens is 342 g/mol. The minimum atomic E-state index is -1.72. The van der Waals surface area contributed by atoms with E-state index in [1.807, 2.05) is 5.32 Å². The van der Waals surface area contributed by atoms with Crippen LogP contribution in [0.4, 0.5) is 0 Å². The van der Waals surface area contributed by atoms with E-state index in [1.165, 1.54) is 24.3 Å². The van der Waals surface area contributed by atoms with E-state index >= 15 is 0 Å².